The SMILES string of the molecule is CCCCCCCCCCCC(O)CCNC(CCO)C(=O)O. The standard InChI is InChI=1S/C18H37NO4/c1-2-3-4-5-6-7-8-9-10-11-16(21)12-14-19-17(13-15-20)18(22)23/h16-17,19-21H,2-15H2,1H3,(H,22,23). The first-order valence-corrected chi connectivity index (χ1v) is 9.36. The van der Waals surface area contributed by atoms with Gasteiger partial charge in [0.1, 0.15) is 6.04 Å². The Balaban J connectivity index is 3.43. The van der Waals surface area contributed by atoms with Gasteiger partial charge in [-0.15, -0.1) is 0 Å². The van der Waals surface area contributed by atoms with E-state index in [4.69, 9.17) is 10.2 Å². The van der Waals surface area contributed by atoms with Crippen molar-refractivity contribution in [2.45, 2.75) is 96.1 Å². The van der Waals surface area contributed by atoms with Crippen molar-refractivity contribution in [3.63, 3.8) is 0 Å². The van der Waals surface area contributed by atoms with Crippen LogP contribution in [0, 0.1) is 0 Å². The number of aliphatic hydroxyl groups excluding tert-OH is 2. The summed E-state index contributed by atoms with van der Waals surface area (Å²) in [5, 5.41) is 30.5. The van der Waals surface area contributed by atoms with Gasteiger partial charge in [-0.3, -0.25) is 4.79 Å². The Labute approximate surface area is 141 Å². The first-order chi connectivity index (χ1) is 11.1. The van der Waals surface area contributed by atoms with Crippen LogP contribution in [-0.4, -0.2) is 46.6 Å². The Hall–Kier alpha value is -0.650. The normalized spacial score (nSPS) is 13.9. The van der Waals surface area contributed by atoms with Crippen molar-refractivity contribution < 1.29 is 20.1 Å². The number of aliphatic hydroxyl groups is 2. The number of nitrogens with one attached hydrogen (secondary N) is 1. The van der Waals surface area contributed by atoms with Crippen molar-refractivity contribution in [1.29, 1.82) is 0 Å². The molecule has 5 heteroatoms. The lowest BCUT2D eigenvalue weighted by molar-refractivity contribution is -0.139. The molecule has 0 aliphatic heterocycles. The molecule has 0 saturated carbocycles. The number of hydrogen-bond acceptors (Lipinski definition) is 4. The van der Waals surface area contributed by atoms with E-state index in [0.717, 1.165) is 12.8 Å². The van der Waals surface area contributed by atoms with Crippen LogP contribution >= 0.6 is 0 Å². The molecule has 0 aliphatic carbocycles. The fourth-order valence-corrected chi connectivity index (χ4v) is 2.70. The lowest BCUT2D eigenvalue weighted by Gasteiger charge is -2.15. The highest BCUT2D eigenvalue weighted by Gasteiger charge is 2.16. The largest absolute Gasteiger partial charge is 0.480 e. The van der Waals surface area contributed by atoms with E-state index >= 15 is 0 Å². The van der Waals surface area contributed by atoms with Gasteiger partial charge in [-0.25, -0.2) is 0 Å². The molecular formula is C18H37NO4. The number of aliphatic carboxylic acids is 1. The molecule has 0 radical (unpaired) electrons. The minimum Gasteiger partial charge on any atom is -0.480 e. The number of rotatable bonds is 17. The van der Waals surface area contributed by atoms with E-state index in [2.05, 4.69) is 12.2 Å². The lowest BCUT2D eigenvalue weighted by Crippen LogP contribution is -2.38. The van der Waals surface area contributed by atoms with Crippen LogP contribution in [0.5, 0.6) is 0 Å². The van der Waals surface area contributed by atoms with Gasteiger partial charge in [0.25, 0.3) is 0 Å². The molecule has 0 aromatic rings. The molecule has 23 heavy (non-hydrogen) atoms. The molecule has 138 valence electrons. The number of carboxylic acids is 1. The predicted octanol–water partition coefficient (Wildman–Crippen LogP) is 3.08. The summed E-state index contributed by atoms with van der Waals surface area (Å²) in [5.74, 6) is -0.951. The highest BCUT2D eigenvalue weighted by molar-refractivity contribution is 5.73. The number of hydrogen-bond donors (Lipinski definition) is 4. The third-order valence-corrected chi connectivity index (χ3v) is 4.23. The minimum atomic E-state index is -0.951. The summed E-state index contributed by atoms with van der Waals surface area (Å²) in [6.07, 6.45) is 12.6. The minimum absolute atomic E-state index is 0.148. The zero-order chi connectivity index (χ0) is 17.3. The van der Waals surface area contributed by atoms with E-state index < -0.39 is 12.0 Å². The van der Waals surface area contributed by atoms with Crippen molar-refractivity contribution in [2.24, 2.45) is 0 Å². The molecule has 0 rings (SSSR count). The molecule has 0 heterocycles. The summed E-state index contributed by atoms with van der Waals surface area (Å²) >= 11 is 0. The average molecular weight is 331 g/mol. The molecule has 2 unspecified atom stereocenters. The molecule has 0 aromatic heterocycles. The van der Waals surface area contributed by atoms with Crippen LogP contribution in [0.4, 0.5) is 0 Å². The molecule has 0 bridgehead atoms. The van der Waals surface area contributed by atoms with E-state index in [1.807, 2.05) is 0 Å². The number of carbonyl (C=O) groups is 1. The van der Waals surface area contributed by atoms with Crippen LogP contribution in [0.25, 0.3) is 0 Å². The summed E-state index contributed by atoms with van der Waals surface area (Å²) < 4.78 is 0. The fraction of sp³-hybridized carbons (Fsp3) is 0.944. The second kappa shape index (κ2) is 16.2. The zero-order valence-electron chi connectivity index (χ0n) is 14.8. The van der Waals surface area contributed by atoms with Crippen molar-refractivity contribution in [2.75, 3.05) is 13.2 Å². The molecule has 0 fully saturated rings. The van der Waals surface area contributed by atoms with Crippen molar-refractivity contribution in [3.8, 4) is 0 Å². The van der Waals surface area contributed by atoms with Crippen LogP contribution in [0.1, 0.15) is 84.0 Å². The Morgan fingerprint density at radius 1 is 0.913 bits per heavy atom. The van der Waals surface area contributed by atoms with Crippen LogP contribution in [0.2, 0.25) is 0 Å². The van der Waals surface area contributed by atoms with E-state index in [0.29, 0.717) is 13.0 Å². The average Bonchev–Trinajstić information content (AvgIpc) is 2.52. The molecule has 0 saturated heterocycles. The van der Waals surface area contributed by atoms with Gasteiger partial charge >= 0.3 is 5.97 Å². The molecule has 0 spiro atoms. The van der Waals surface area contributed by atoms with Crippen molar-refractivity contribution >= 4 is 5.97 Å². The highest BCUT2D eigenvalue weighted by atomic mass is 16.4. The summed E-state index contributed by atoms with van der Waals surface area (Å²) in [6.45, 7) is 2.55. The van der Waals surface area contributed by atoms with Crippen LogP contribution < -0.4 is 5.32 Å². The summed E-state index contributed by atoms with van der Waals surface area (Å²) in [6, 6.07) is -0.722. The lowest BCUT2D eigenvalue weighted by atomic mass is 10.0. The Morgan fingerprint density at radius 2 is 1.48 bits per heavy atom. The molecule has 0 aliphatic rings. The van der Waals surface area contributed by atoms with E-state index in [9.17, 15) is 9.90 Å². The Kier molecular flexibility index (Phi) is 15.8. The van der Waals surface area contributed by atoms with Crippen molar-refractivity contribution in [1.82, 2.24) is 5.32 Å². The van der Waals surface area contributed by atoms with Gasteiger partial charge in [-0.05, 0) is 25.8 Å². The quantitative estimate of drug-likeness (QED) is 0.308. The monoisotopic (exact) mass is 331 g/mol. The smallest absolute Gasteiger partial charge is 0.320 e. The van der Waals surface area contributed by atoms with Gasteiger partial charge in [0.15, 0.2) is 0 Å². The maximum absolute atomic E-state index is 10.9. The van der Waals surface area contributed by atoms with E-state index in [-0.39, 0.29) is 19.1 Å². The van der Waals surface area contributed by atoms with Gasteiger partial charge < -0.3 is 20.6 Å². The third-order valence-electron chi connectivity index (χ3n) is 4.23. The van der Waals surface area contributed by atoms with Gasteiger partial charge in [0, 0.05) is 6.61 Å². The molecular weight excluding hydrogens is 294 g/mol. The fourth-order valence-electron chi connectivity index (χ4n) is 2.70. The van der Waals surface area contributed by atoms with Gasteiger partial charge in [-0.2, -0.15) is 0 Å². The first-order valence-electron chi connectivity index (χ1n) is 9.36. The van der Waals surface area contributed by atoms with Gasteiger partial charge in [0.2, 0.25) is 0 Å². The summed E-state index contributed by atoms with van der Waals surface area (Å²) in [4.78, 5) is 10.9. The maximum Gasteiger partial charge on any atom is 0.320 e. The van der Waals surface area contributed by atoms with Crippen LogP contribution in [0.3, 0.4) is 0 Å². The first kappa shape index (κ1) is 22.4. The summed E-state index contributed by atoms with van der Waals surface area (Å²) in [7, 11) is 0. The molecule has 5 nitrogen and oxygen atoms in total. The maximum atomic E-state index is 10.9. The summed E-state index contributed by atoms with van der Waals surface area (Å²) in [5.41, 5.74) is 0. The van der Waals surface area contributed by atoms with Crippen LogP contribution in [-0.2, 0) is 4.79 Å². The van der Waals surface area contributed by atoms with Crippen LogP contribution in [0.15, 0.2) is 0 Å². The van der Waals surface area contributed by atoms with E-state index in [1.54, 1.807) is 0 Å². The van der Waals surface area contributed by atoms with Gasteiger partial charge in [-0.1, -0.05) is 64.7 Å². The molecule has 2 atom stereocenters. The Morgan fingerprint density at radius 3 is 2.00 bits per heavy atom. The van der Waals surface area contributed by atoms with Crippen molar-refractivity contribution in [3.05, 3.63) is 0 Å². The second-order valence-electron chi connectivity index (χ2n) is 6.42. The van der Waals surface area contributed by atoms with E-state index in [1.165, 1.54) is 51.4 Å². The third kappa shape index (κ3) is 14.7. The zero-order valence-corrected chi connectivity index (χ0v) is 14.8. The predicted molar refractivity (Wildman–Crippen MR) is 93.6 cm³/mol. The van der Waals surface area contributed by atoms with Gasteiger partial charge in [0.05, 0.1) is 6.10 Å². The Bertz CT molecular complexity index is 274. The highest BCUT2D eigenvalue weighted by Crippen LogP contribution is 2.12. The molecule has 0 amide bonds. The molecule has 4 N–H and O–H groups in total. The second-order valence-corrected chi connectivity index (χ2v) is 6.42. The topological polar surface area (TPSA) is 89.8 Å². The number of carboxylic acid groups (broad SMARTS) is 1. The number of unbranched alkanes of at least 4 members (excludes halogenated alkanes) is 8. The molecule has 0 aromatic carbocycles.